The molecule has 0 saturated heterocycles. The molecule has 0 unspecified atom stereocenters. The molecular formula is C18H21F2N3O2. The minimum Gasteiger partial charge on any atom is -0.491 e. The fraction of sp³-hybridized carbons (Fsp3) is 0.444. The van der Waals surface area contributed by atoms with Crippen molar-refractivity contribution in [3.8, 4) is 5.75 Å². The van der Waals surface area contributed by atoms with E-state index in [1.807, 2.05) is 31.2 Å². The van der Waals surface area contributed by atoms with E-state index in [0.29, 0.717) is 34.8 Å². The molecule has 1 atom stereocenters. The highest BCUT2D eigenvalue weighted by molar-refractivity contribution is 5.79. The third kappa shape index (κ3) is 3.36. The van der Waals surface area contributed by atoms with Crippen LogP contribution in [0, 0.1) is 13.8 Å². The van der Waals surface area contributed by atoms with Crippen LogP contribution in [0.2, 0.25) is 0 Å². The summed E-state index contributed by atoms with van der Waals surface area (Å²) in [6.07, 6.45) is 0.0525. The average molecular weight is 349 g/mol. The summed E-state index contributed by atoms with van der Waals surface area (Å²) < 4.78 is 32.4. The molecular weight excluding hydrogens is 328 g/mol. The van der Waals surface area contributed by atoms with Gasteiger partial charge in [0.2, 0.25) is 5.91 Å². The van der Waals surface area contributed by atoms with Gasteiger partial charge in [0, 0.05) is 23.4 Å². The molecule has 0 fully saturated rings. The number of rotatable bonds is 3. The number of hydrogen-bond acceptors (Lipinski definition) is 3. The molecule has 7 heteroatoms. The first-order valence-corrected chi connectivity index (χ1v) is 8.21. The fourth-order valence-corrected chi connectivity index (χ4v) is 3.14. The lowest BCUT2D eigenvalue weighted by Gasteiger charge is -2.26. The fourth-order valence-electron chi connectivity index (χ4n) is 3.14. The van der Waals surface area contributed by atoms with Crippen LogP contribution in [0.1, 0.15) is 36.0 Å². The van der Waals surface area contributed by atoms with Crippen LogP contribution in [0.5, 0.6) is 5.75 Å². The number of alkyl halides is 2. The van der Waals surface area contributed by atoms with Crippen LogP contribution in [0.25, 0.3) is 0 Å². The first-order chi connectivity index (χ1) is 11.9. The monoisotopic (exact) mass is 349 g/mol. The van der Waals surface area contributed by atoms with E-state index in [-0.39, 0.29) is 18.4 Å². The smallest absolute Gasteiger partial charge is 0.333 e. The molecule has 0 spiro atoms. The van der Waals surface area contributed by atoms with E-state index in [9.17, 15) is 13.6 Å². The van der Waals surface area contributed by atoms with Gasteiger partial charge in [0.25, 0.3) is 0 Å². The summed E-state index contributed by atoms with van der Waals surface area (Å²) in [6.45, 7) is 3.28. The lowest BCUT2D eigenvalue weighted by atomic mass is 10.1. The maximum Gasteiger partial charge on any atom is 0.333 e. The number of ether oxygens (including phenoxy) is 1. The van der Waals surface area contributed by atoms with Gasteiger partial charge in [-0.3, -0.25) is 4.79 Å². The van der Waals surface area contributed by atoms with E-state index >= 15 is 0 Å². The summed E-state index contributed by atoms with van der Waals surface area (Å²) in [4.78, 5) is 14.6. The van der Waals surface area contributed by atoms with Crippen molar-refractivity contribution in [1.82, 2.24) is 14.7 Å². The molecule has 134 valence electrons. The number of nitrogens with zero attached hydrogens (tertiary/aromatic N) is 3. The lowest BCUT2D eigenvalue weighted by molar-refractivity contribution is -0.133. The zero-order chi connectivity index (χ0) is 18.1. The van der Waals surface area contributed by atoms with E-state index in [1.165, 1.54) is 0 Å². The highest BCUT2D eigenvalue weighted by Gasteiger charge is 2.27. The molecule has 1 aliphatic heterocycles. The van der Waals surface area contributed by atoms with Crippen molar-refractivity contribution in [3.63, 3.8) is 0 Å². The van der Waals surface area contributed by atoms with Crippen LogP contribution in [0.15, 0.2) is 24.3 Å². The highest BCUT2D eigenvalue weighted by Crippen LogP contribution is 2.26. The predicted octanol–water partition coefficient (Wildman–Crippen LogP) is 3.25. The molecule has 2 aromatic rings. The quantitative estimate of drug-likeness (QED) is 0.855. The number of amides is 1. The van der Waals surface area contributed by atoms with Crippen molar-refractivity contribution < 1.29 is 18.3 Å². The summed E-state index contributed by atoms with van der Waals surface area (Å²) in [5.41, 5.74) is 2.30. The number of aryl methyl sites for hydroxylation is 1. The van der Waals surface area contributed by atoms with Crippen molar-refractivity contribution in [2.75, 3.05) is 6.61 Å². The highest BCUT2D eigenvalue weighted by atomic mass is 19.3. The van der Waals surface area contributed by atoms with Crippen LogP contribution >= 0.6 is 0 Å². The minimum absolute atomic E-state index is 0.0525. The number of halogens is 2. The molecule has 3 rings (SSSR count). The second kappa shape index (κ2) is 6.82. The third-order valence-corrected chi connectivity index (χ3v) is 4.63. The number of aromatic nitrogens is 2. The van der Waals surface area contributed by atoms with Crippen molar-refractivity contribution in [1.29, 1.82) is 0 Å². The van der Waals surface area contributed by atoms with Crippen molar-refractivity contribution >= 4 is 5.91 Å². The van der Waals surface area contributed by atoms with E-state index in [2.05, 4.69) is 5.10 Å². The topological polar surface area (TPSA) is 47.4 Å². The molecule has 5 nitrogen and oxygen atoms in total. The molecule has 2 heterocycles. The Balaban J connectivity index is 1.83. The number of carbonyl (C=O) groups is 1. The number of benzene rings is 1. The number of fused-ring (bicyclic) bond motifs is 1. The summed E-state index contributed by atoms with van der Waals surface area (Å²) in [7, 11) is 0. The maximum atomic E-state index is 13.0. The number of carbonyl (C=O) groups excluding carboxylic acids is 1. The van der Waals surface area contributed by atoms with Gasteiger partial charge in [-0.25, -0.2) is 4.68 Å². The third-order valence-electron chi connectivity index (χ3n) is 4.63. The normalized spacial score (nSPS) is 17.2. The molecule has 1 aliphatic rings. The Morgan fingerprint density at radius 2 is 2.08 bits per heavy atom. The van der Waals surface area contributed by atoms with Gasteiger partial charge in [-0.05, 0) is 26.8 Å². The van der Waals surface area contributed by atoms with Crippen molar-refractivity contribution in [2.45, 2.75) is 46.3 Å². The Bertz CT molecular complexity index is 789. The van der Waals surface area contributed by atoms with Gasteiger partial charge < -0.3 is 9.64 Å². The molecule has 1 aromatic carbocycles. The largest absolute Gasteiger partial charge is 0.491 e. The van der Waals surface area contributed by atoms with Crippen LogP contribution < -0.4 is 4.74 Å². The zero-order valence-corrected chi connectivity index (χ0v) is 14.5. The Hall–Kier alpha value is -2.44. The molecule has 0 bridgehead atoms. The van der Waals surface area contributed by atoms with Crippen LogP contribution in [-0.4, -0.2) is 33.2 Å². The molecule has 0 saturated carbocycles. The van der Waals surface area contributed by atoms with Gasteiger partial charge in [-0.15, -0.1) is 0 Å². The summed E-state index contributed by atoms with van der Waals surface area (Å²) >= 11 is 0. The predicted molar refractivity (Wildman–Crippen MR) is 88.6 cm³/mol. The average Bonchev–Trinajstić information content (AvgIpc) is 2.76. The van der Waals surface area contributed by atoms with E-state index in [0.717, 1.165) is 11.3 Å². The molecule has 1 amide bonds. The minimum atomic E-state index is -2.71. The second-order valence-electron chi connectivity index (χ2n) is 6.34. The summed E-state index contributed by atoms with van der Waals surface area (Å²) in [6, 6.07) is 7.51. The van der Waals surface area contributed by atoms with Crippen LogP contribution in [0.3, 0.4) is 0 Å². The van der Waals surface area contributed by atoms with Crippen LogP contribution in [-0.2, 0) is 17.8 Å². The molecule has 1 aromatic heterocycles. The van der Waals surface area contributed by atoms with Crippen molar-refractivity contribution in [2.24, 2.45) is 0 Å². The zero-order valence-electron chi connectivity index (χ0n) is 14.5. The molecule has 25 heavy (non-hydrogen) atoms. The van der Waals surface area contributed by atoms with E-state index in [4.69, 9.17) is 4.74 Å². The number of hydrogen-bond donors (Lipinski definition) is 0. The Morgan fingerprint density at radius 3 is 2.76 bits per heavy atom. The maximum absolute atomic E-state index is 13.0. The van der Waals surface area contributed by atoms with Gasteiger partial charge in [-0.2, -0.15) is 13.9 Å². The van der Waals surface area contributed by atoms with E-state index in [1.54, 1.807) is 18.7 Å². The SMILES string of the molecule is Cc1nn(C(F)F)c(C)c1CC(=O)N1Cc2ccccc2OC[C@@H]1C. The van der Waals surface area contributed by atoms with Gasteiger partial charge in [-0.1, -0.05) is 18.2 Å². The summed E-state index contributed by atoms with van der Waals surface area (Å²) in [5, 5.41) is 3.85. The van der Waals surface area contributed by atoms with Gasteiger partial charge in [0.15, 0.2) is 0 Å². The van der Waals surface area contributed by atoms with E-state index < -0.39 is 6.55 Å². The molecule has 0 N–H and O–H groups in total. The number of para-hydroxylation sites is 1. The first kappa shape index (κ1) is 17.4. The summed E-state index contributed by atoms with van der Waals surface area (Å²) in [5.74, 6) is 0.662. The molecule has 0 aliphatic carbocycles. The van der Waals surface area contributed by atoms with Gasteiger partial charge >= 0.3 is 6.55 Å². The lowest BCUT2D eigenvalue weighted by Crippen LogP contribution is -2.40. The first-order valence-electron chi connectivity index (χ1n) is 8.21. The Labute approximate surface area is 145 Å². The Morgan fingerprint density at radius 1 is 1.36 bits per heavy atom. The Kier molecular flexibility index (Phi) is 4.74. The van der Waals surface area contributed by atoms with Gasteiger partial charge in [0.1, 0.15) is 12.4 Å². The standard InChI is InChI=1S/C18H21F2N3O2/c1-11-10-25-16-7-5-4-6-14(16)9-22(11)17(24)8-15-12(2)21-23(13(15)3)18(19)20/h4-7,11,18H,8-10H2,1-3H3/t11-/m0/s1. The van der Waals surface area contributed by atoms with Crippen molar-refractivity contribution in [3.05, 3.63) is 46.8 Å². The second-order valence-corrected chi connectivity index (χ2v) is 6.34. The van der Waals surface area contributed by atoms with Crippen LogP contribution in [0.4, 0.5) is 8.78 Å². The molecule has 0 radical (unpaired) electrons. The van der Waals surface area contributed by atoms with Gasteiger partial charge in [0.05, 0.1) is 18.2 Å².